The summed E-state index contributed by atoms with van der Waals surface area (Å²) in [6.07, 6.45) is 39.7. The number of rotatable bonds is 32. The normalized spacial score (nSPS) is 20.9. The third-order valence-electron chi connectivity index (χ3n) is 27.3. The number of nitrogens with zero attached hydrogens (tertiary/aromatic N) is 20. The molecule has 0 amide bonds. The van der Waals surface area contributed by atoms with Gasteiger partial charge in [0.25, 0.3) is 0 Å². The summed E-state index contributed by atoms with van der Waals surface area (Å²) in [5.74, 6) is 9.96. The van der Waals surface area contributed by atoms with Gasteiger partial charge >= 0.3 is 0 Å². The van der Waals surface area contributed by atoms with Gasteiger partial charge in [0.1, 0.15) is 58.2 Å². The number of likely N-dealkylation sites (N-methyl/N-ethyl adjacent to an activating group) is 1. The molecule has 1 saturated heterocycles. The summed E-state index contributed by atoms with van der Waals surface area (Å²) >= 11 is 14.1. The second kappa shape index (κ2) is 49.3. The number of fused-ring (bicyclic) bond motifs is 6. The van der Waals surface area contributed by atoms with Crippen LogP contribution in [-0.4, -0.2) is 241 Å². The summed E-state index contributed by atoms with van der Waals surface area (Å²) in [6, 6.07) is 21.4. The third-order valence-corrected chi connectivity index (χ3v) is 29.6. The molecule has 5 saturated carbocycles. The highest BCUT2D eigenvalue weighted by Gasteiger charge is 2.32. The largest absolute Gasteiger partial charge is 0.619 e. The van der Waals surface area contributed by atoms with E-state index in [4.69, 9.17) is 19.9 Å². The van der Waals surface area contributed by atoms with Crippen LogP contribution in [0.5, 0.6) is 0 Å². The number of hydrogen-bond donors (Lipinski definition) is 15. The van der Waals surface area contributed by atoms with Crippen molar-refractivity contribution in [2.24, 2.45) is 36.6 Å². The second-order valence-electron chi connectivity index (χ2n) is 37.2. The highest BCUT2D eigenvalue weighted by Crippen LogP contribution is 2.37. The van der Waals surface area contributed by atoms with Crippen LogP contribution in [0.25, 0.3) is 39.3 Å². The van der Waals surface area contributed by atoms with E-state index in [-0.39, 0.29) is 75.1 Å². The van der Waals surface area contributed by atoms with E-state index in [1.165, 1.54) is 83.7 Å². The van der Waals surface area contributed by atoms with Crippen molar-refractivity contribution >= 4 is 161 Å². The number of benzene rings is 1. The van der Waals surface area contributed by atoms with E-state index in [9.17, 15) is 30.7 Å². The number of pyridine rings is 1. The van der Waals surface area contributed by atoms with E-state index in [2.05, 4.69) is 208 Å². The van der Waals surface area contributed by atoms with Crippen LogP contribution >= 0.6 is 63.7 Å². The standard InChI is InChI=1S/C24H31N7O.C20H25BrN6O2.C20H31BrN6O.C17H27BrN6O.C15H22BrN5O/c1-3-17-13-27-31-23(25-12-16-8-9-21-20(10-16)26-15-30(21)2)11-22(29-24(17)31)28-19-7-5-4-6-18(19)14-32;1-13-6-7-14(11-26(13)29)9-22-19-8-18(25-20-16(21)10-23-27(19)20)24-17-5-3-2-4-15(17)12-28;21-16-13-23-27-19(22-8-11-26-9-4-1-5-10-26)12-18(25-20(16)27)24-17-7-3-2-6-15(17)14-28;1-23(2)8-7-19-16-9-15(22-17-13(18)10-20-24(16)17)21-14-6-4-3-5-12(14)11-25;1-2-17-14-7-13(20-15-11(16)8-18-21(14)15)19-12-6-4-3-5-10(12)9-22/h8-11,13,15,18-19,25,32H,3-7,12,14H2,1-2H3,(H,28,29);6-8,10-11,15,17,22,28H,2-5,9,12H2,1H3,(H,24,25);12-13,15,17,22,28H,1-11,14H2,(H,24,25);9-10,12,14,19,25H,3-8,11H2,1-2H3,(H,21,22);7-8,10,12,17,22H,2-6,9H2,1H3,(H,19,20)/t18-,19-;2*15-,17-;12-,14-;10-,12-/m01000/s1. The molecule has 5 aliphatic carbocycles. The number of hydrogen-bond acceptors (Lipinski definition) is 29. The van der Waals surface area contributed by atoms with Crippen LogP contribution in [0.4, 0.5) is 58.2 Å². The molecule has 6 fully saturated rings. The van der Waals surface area contributed by atoms with Crippen LogP contribution in [0.1, 0.15) is 184 Å². The lowest BCUT2D eigenvalue weighted by Gasteiger charge is -2.31. The lowest BCUT2D eigenvalue weighted by atomic mass is 9.85. The lowest BCUT2D eigenvalue weighted by Crippen LogP contribution is -2.35. The molecular weight excluding hydrogens is 1990 g/mol. The number of halogens is 4. The number of piperidine rings is 1. The van der Waals surface area contributed by atoms with Crippen molar-refractivity contribution in [3.05, 3.63) is 150 Å². The first-order valence-corrected chi connectivity index (χ1v) is 52.0. The van der Waals surface area contributed by atoms with Gasteiger partial charge in [0.05, 0.1) is 66.2 Å². The molecule has 12 aromatic heterocycles. The van der Waals surface area contributed by atoms with Crippen LogP contribution in [-0.2, 0) is 26.6 Å². The first-order valence-electron chi connectivity index (χ1n) is 48.8. The van der Waals surface area contributed by atoms with Gasteiger partial charge in [-0.3, -0.25) is 0 Å². The summed E-state index contributed by atoms with van der Waals surface area (Å²) in [4.78, 5) is 32.9. The molecule has 10 atom stereocenters. The minimum Gasteiger partial charge on any atom is -0.619 e. The third kappa shape index (κ3) is 25.9. The summed E-state index contributed by atoms with van der Waals surface area (Å²) < 4.78 is 15.4. The number of aryl methyl sites for hydroxylation is 3. The van der Waals surface area contributed by atoms with Crippen molar-refractivity contribution in [2.75, 3.05) is 146 Å². The molecule has 1 aliphatic heterocycles. The number of likely N-dealkylation sites (tertiary alicyclic amines) is 1. The van der Waals surface area contributed by atoms with Gasteiger partial charge < -0.3 is 98.3 Å². The first kappa shape index (κ1) is 101. The van der Waals surface area contributed by atoms with Crippen molar-refractivity contribution in [3.63, 3.8) is 0 Å². The van der Waals surface area contributed by atoms with Gasteiger partial charge in [-0.05, 0) is 205 Å². The van der Waals surface area contributed by atoms with Gasteiger partial charge in [0.2, 0.25) is 0 Å². The highest BCUT2D eigenvalue weighted by molar-refractivity contribution is 9.11. The zero-order chi connectivity index (χ0) is 95.1. The molecule has 40 heteroatoms. The Labute approximate surface area is 828 Å². The molecule has 13 heterocycles. The van der Waals surface area contributed by atoms with Crippen LogP contribution in [0.3, 0.4) is 0 Å². The summed E-state index contributed by atoms with van der Waals surface area (Å²) in [5, 5.41) is 117. The Morgan fingerprint density at radius 2 is 0.772 bits per heavy atom. The maximum absolute atomic E-state index is 11.8. The molecule has 0 radical (unpaired) electrons. The zero-order valence-corrected chi connectivity index (χ0v) is 85.4. The fourth-order valence-electron chi connectivity index (χ4n) is 19.5. The number of imidazole rings is 1. The fourth-order valence-corrected chi connectivity index (χ4v) is 20.9. The molecule has 1 aromatic carbocycles. The van der Waals surface area contributed by atoms with E-state index < -0.39 is 0 Å². The molecule has 13 aromatic rings. The van der Waals surface area contributed by atoms with Crippen molar-refractivity contribution < 1.29 is 30.3 Å². The number of anilines is 10. The van der Waals surface area contributed by atoms with Crippen LogP contribution in [0.2, 0.25) is 0 Å². The SMILES string of the molecule is CCNc1cc(N[C@H]2CCCC[C@H]2CO)nc2c(Br)cnn12.CCc1cnn2c(NCc3ccc4c(c3)ncn4C)cc(N[C@H]3CCCC[C@H]3CO)nc12.CN(C)CCNc1cc(N[C@H]2CCCC[C@H]2CO)nc2c(Br)cnn12.Cc1ccc(CNc2cc(N[C@@H]3CCCC[C@@H]3CO)nc3c(Br)cnn23)c[n+]1[O-].OC[C@@H]1CCCC[C@@H]1Nc1cc(NCCN2CCCCC2)n2ncc(Br)c2n1. The Morgan fingerprint density at radius 3 is 1.15 bits per heavy atom. The molecule has 0 spiro atoms. The van der Waals surface area contributed by atoms with E-state index in [1.807, 2.05) is 80.1 Å². The maximum atomic E-state index is 11.8. The van der Waals surface area contributed by atoms with Gasteiger partial charge in [-0.15, -0.1) is 0 Å². The average Bonchev–Trinajstić information content (AvgIpc) is 1.62. The Bertz CT molecular complexity index is 6000. The fraction of sp³-hybridized carbons (Fsp3) is 0.562. The summed E-state index contributed by atoms with van der Waals surface area (Å²) in [6.45, 7) is 15.1. The van der Waals surface area contributed by atoms with E-state index >= 15 is 0 Å². The van der Waals surface area contributed by atoms with Crippen LogP contribution in [0.15, 0.2) is 122 Å². The van der Waals surface area contributed by atoms with Crippen molar-refractivity contribution in [3.8, 4) is 0 Å². The number of aromatic nitrogens is 18. The summed E-state index contributed by atoms with van der Waals surface area (Å²) in [5.41, 5.74) is 9.89. The highest BCUT2D eigenvalue weighted by atomic mass is 79.9. The first-order chi connectivity index (χ1) is 66.2. The Balaban J connectivity index is 0.000000130. The molecule has 15 N–H and O–H groups in total. The second-order valence-corrected chi connectivity index (χ2v) is 40.6. The quantitative estimate of drug-likeness (QED) is 0.0137. The predicted molar refractivity (Wildman–Crippen MR) is 553 cm³/mol. The van der Waals surface area contributed by atoms with E-state index in [0.717, 1.165) is 247 Å². The lowest BCUT2D eigenvalue weighted by molar-refractivity contribution is -0.612. The number of aliphatic hydroxyl groups excluding tert-OH is 5. The molecule has 136 heavy (non-hydrogen) atoms. The molecule has 6 aliphatic rings. The smallest absolute Gasteiger partial charge is 0.189 e. The Kier molecular flexibility index (Phi) is 36.5. The number of aliphatic hydroxyl groups is 5. The molecule has 19 rings (SSSR count). The van der Waals surface area contributed by atoms with Gasteiger partial charge in [0.15, 0.2) is 40.1 Å². The van der Waals surface area contributed by atoms with Gasteiger partial charge in [-0.1, -0.05) is 83.6 Å². The van der Waals surface area contributed by atoms with E-state index in [1.54, 1.807) is 46.9 Å². The monoisotopic (exact) mass is 2120 g/mol. The van der Waals surface area contributed by atoms with Gasteiger partial charge in [-0.25, -0.2) is 29.9 Å². The van der Waals surface area contributed by atoms with E-state index in [0.29, 0.717) is 42.2 Å². The Morgan fingerprint density at radius 1 is 0.419 bits per heavy atom. The molecular formula is C96H136Br4N30O6. The van der Waals surface area contributed by atoms with Gasteiger partial charge in [0, 0.05) is 200 Å². The van der Waals surface area contributed by atoms with Crippen LogP contribution < -0.4 is 57.9 Å². The minimum atomic E-state index is 0.185. The average molecular weight is 2130 g/mol. The number of nitrogens with one attached hydrogen (secondary N) is 10. The molecule has 0 unspecified atom stereocenters. The van der Waals surface area contributed by atoms with Crippen molar-refractivity contribution in [1.29, 1.82) is 0 Å². The topological polar surface area (TPSA) is 424 Å². The van der Waals surface area contributed by atoms with Gasteiger partial charge in [-0.2, -0.15) is 52.8 Å². The molecule has 0 bridgehead atoms. The van der Waals surface area contributed by atoms with Crippen molar-refractivity contribution in [1.82, 2.24) is 92.3 Å². The predicted octanol–water partition coefficient (Wildman–Crippen LogP) is 15.4. The zero-order valence-electron chi connectivity index (χ0n) is 79.1. The summed E-state index contributed by atoms with van der Waals surface area (Å²) in [7, 11) is 6.12. The maximum Gasteiger partial charge on any atom is 0.189 e. The van der Waals surface area contributed by atoms with Crippen LogP contribution in [0, 0.1) is 41.7 Å². The minimum absolute atomic E-state index is 0.185. The van der Waals surface area contributed by atoms with Crippen molar-refractivity contribution in [2.45, 2.75) is 218 Å². The molecule has 36 nitrogen and oxygen atoms in total. The Hall–Kier alpha value is -9.62. The molecule has 734 valence electrons.